The van der Waals surface area contributed by atoms with Crippen molar-refractivity contribution in [1.82, 2.24) is 4.72 Å². The van der Waals surface area contributed by atoms with Gasteiger partial charge in [0.25, 0.3) is 10.0 Å². The molecule has 0 aliphatic heterocycles. The quantitative estimate of drug-likeness (QED) is 0.342. The fraction of sp³-hybridized carbons (Fsp3) is 0.185. The number of hydrogen-bond donors (Lipinski definition) is 1. The van der Waals surface area contributed by atoms with Crippen LogP contribution in [0.2, 0.25) is 0 Å². The van der Waals surface area contributed by atoms with Crippen LogP contribution in [0.25, 0.3) is 5.70 Å². The van der Waals surface area contributed by atoms with Crippen molar-refractivity contribution in [3.63, 3.8) is 0 Å². The molecule has 0 amide bonds. The molecule has 0 spiro atoms. The Morgan fingerprint density at radius 2 is 1.42 bits per heavy atom. The van der Waals surface area contributed by atoms with Gasteiger partial charge >= 0.3 is 11.9 Å². The Hall–Kier alpha value is -3.98. The van der Waals surface area contributed by atoms with Crippen molar-refractivity contribution in [1.29, 1.82) is 0 Å². The standard InChI is InChI=1S/C27H26FNO6S/c1-18-9-15-22(16-10-18)36(32,33)29-24(20-7-5-4-6-8-20)17-23(19-11-13-21(28)14-12-19)25(26(30)34-2)27(31)35-3/h4-17,23,25,29H,1-3H3/b24-17+/t23-/m0/s1. The molecule has 0 saturated heterocycles. The van der Waals surface area contributed by atoms with Gasteiger partial charge in [-0.25, -0.2) is 12.8 Å². The Bertz CT molecular complexity index is 1320. The predicted octanol–water partition coefficient (Wildman–Crippen LogP) is 4.20. The van der Waals surface area contributed by atoms with Crippen LogP contribution in [0.5, 0.6) is 0 Å². The molecule has 36 heavy (non-hydrogen) atoms. The number of aryl methyl sites for hydroxylation is 1. The molecule has 0 fully saturated rings. The number of hydrogen-bond acceptors (Lipinski definition) is 6. The molecule has 1 atom stereocenters. The summed E-state index contributed by atoms with van der Waals surface area (Å²) in [6.07, 6.45) is 1.44. The largest absolute Gasteiger partial charge is 0.468 e. The van der Waals surface area contributed by atoms with Gasteiger partial charge in [0.1, 0.15) is 5.82 Å². The lowest BCUT2D eigenvalue weighted by molar-refractivity contribution is -0.159. The Morgan fingerprint density at radius 3 is 1.94 bits per heavy atom. The molecular formula is C27H26FNO6S. The minimum absolute atomic E-state index is 0.0331. The van der Waals surface area contributed by atoms with Crippen LogP contribution in [0, 0.1) is 18.7 Å². The van der Waals surface area contributed by atoms with E-state index in [0.717, 1.165) is 19.8 Å². The number of benzene rings is 3. The fourth-order valence-corrected chi connectivity index (χ4v) is 4.71. The van der Waals surface area contributed by atoms with E-state index in [0.29, 0.717) is 11.1 Å². The second-order valence-corrected chi connectivity index (χ2v) is 9.65. The van der Waals surface area contributed by atoms with Crippen molar-refractivity contribution in [2.45, 2.75) is 17.7 Å². The van der Waals surface area contributed by atoms with Gasteiger partial charge in [-0.2, -0.15) is 0 Å². The van der Waals surface area contributed by atoms with Crippen molar-refractivity contribution >= 4 is 27.7 Å². The SMILES string of the molecule is COC(=O)C(C(=O)OC)[C@@H](/C=C(/NS(=O)(=O)c1ccc(C)cc1)c1ccccc1)c1ccc(F)cc1. The molecule has 0 aliphatic rings. The van der Waals surface area contributed by atoms with Crippen LogP contribution in [0.1, 0.15) is 22.6 Å². The van der Waals surface area contributed by atoms with Crippen molar-refractivity contribution < 1.29 is 31.9 Å². The van der Waals surface area contributed by atoms with E-state index in [1.165, 1.54) is 42.5 Å². The highest BCUT2D eigenvalue weighted by Gasteiger charge is 2.37. The lowest BCUT2D eigenvalue weighted by Gasteiger charge is -2.23. The molecule has 0 radical (unpaired) electrons. The minimum Gasteiger partial charge on any atom is -0.468 e. The first-order valence-corrected chi connectivity index (χ1v) is 12.4. The van der Waals surface area contributed by atoms with E-state index >= 15 is 0 Å². The normalized spacial score (nSPS) is 12.6. The average Bonchev–Trinajstić information content (AvgIpc) is 2.88. The van der Waals surface area contributed by atoms with Gasteiger partial charge in [-0.1, -0.05) is 66.2 Å². The van der Waals surface area contributed by atoms with Gasteiger partial charge in [-0.3, -0.25) is 14.3 Å². The number of nitrogens with one attached hydrogen (secondary N) is 1. The van der Waals surface area contributed by atoms with Crippen LogP contribution in [0.15, 0.2) is 89.8 Å². The summed E-state index contributed by atoms with van der Waals surface area (Å²) in [5.74, 6) is -4.82. The van der Waals surface area contributed by atoms with Gasteiger partial charge < -0.3 is 9.47 Å². The van der Waals surface area contributed by atoms with Crippen LogP contribution >= 0.6 is 0 Å². The van der Waals surface area contributed by atoms with E-state index in [1.54, 1.807) is 42.5 Å². The zero-order valence-corrected chi connectivity index (χ0v) is 20.8. The van der Waals surface area contributed by atoms with Gasteiger partial charge in [0, 0.05) is 5.92 Å². The first kappa shape index (κ1) is 26.6. The maximum Gasteiger partial charge on any atom is 0.321 e. The third-order valence-corrected chi connectivity index (χ3v) is 6.91. The highest BCUT2D eigenvalue weighted by molar-refractivity contribution is 7.89. The van der Waals surface area contributed by atoms with Gasteiger partial charge in [0.05, 0.1) is 24.8 Å². The minimum atomic E-state index is -4.05. The number of methoxy groups -OCH3 is 2. The van der Waals surface area contributed by atoms with Crippen LogP contribution in [0.4, 0.5) is 4.39 Å². The van der Waals surface area contributed by atoms with Gasteiger partial charge in [-0.15, -0.1) is 0 Å². The van der Waals surface area contributed by atoms with Crippen LogP contribution in [-0.2, 0) is 29.1 Å². The average molecular weight is 512 g/mol. The maximum atomic E-state index is 13.7. The Balaban J connectivity index is 2.21. The van der Waals surface area contributed by atoms with E-state index in [9.17, 15) is 22.4 Å². The van der Waals surface area contributed by atoms with E-state index in [1.807, 2.05) is 6.92 Å². The molecule has 7 nitrogen and oxygen atoms in total. The summed E-state index contributed by atoms with van der Waals surface area (Å²) in [6, 6.07) is 20.0. The third kappa shape index (κ3) is 6.37. The Morgan fingerprint density at radius 1 is 0.861 bits per heavy atom. The fourth-order valence-electron chi connectivity index (χ4n) is 3.62. The number of sulfonamides is 1. The smallest absolute Gasteiger partial charge is 0.321 e. The molecule has 0 bridgehead atoms. The maximum absolute atomic E-state index is 13.7. The van der Waals surface area contributed by atoms with Crippen molar-refractivity contribution in [2.24, 2.45) is 5.92 Å². The van der Waals surface area contributed by atoms with E-state index in [-0.39, 0.29) is 10.6 Å². The van der Waals surface area contributed by atoms with Crippen molar-refractivity contribution in [3.8, 4) is 0 Å². The number of carbonyl (C=O) groups excluding carboxylic acids is 2. The molecule has 3 rings (SSSR count). The number of rotatable bonds is 9. The second kappa shape index (κ2) is 11.6. The highest BCUT2D eigenvalue weighted by Crippen LogP contribution is 2.32. The molecule has 0 aromatic heterocycles. The molecule has 1 N–H and O–H groups in total. The summed E-state index contributed by atoms with van der Waals surface area (Å²) < 4.78 is 52.5. The molecule has 0 saturated carbocycles. The first-order valence-electron chi connectivity index (χ1n) is 10.9. The number of esters is 2. The second-order valence-electron chi connectivity index (χ2n) is 7.97. The van der Waals surface area contributed by atoms with E-state index < -0.39 is 39.6 Å². The molecule has 0 heterocycles. The molecule has 0 unspecified atom stereocenters. The molecular weight excluding hydrogens is 485 g/mol. The Labute approximate surface area is 209 Å². The number of allylic oxidation sites excluding steroid dienone is 1. The highest BCUT2D eigenvalue weighted by atomic mass is 32.2. The van der Waals surface area contributed by atoms with Crippen LogP contribution in [-0.4, -0.2) is 34.6 Å². The lowest BCUT2D eigenvalue weighted by atomic mass is 9.84. The molecule has 0 aliphatic carbocycles. The van der Waals surface area contributed by atoms with Crippen molar-refractivity contribution in [2.75, 3.05) is 14.2 Å². The molecule has 3 aromatic rings. The number of halogens is 1. The Kier molecular flexibility index (Phi) is 8.60. The topological polar surface area (TPSA) is 98.8 Å². The van der Waals surface area contributed by atoms with E-state index in [2.05, 4.69) is 4.72 Å². The first-order chi connectivity index (χ1) is 17.2. The van der Waals surface area contributed by atoms with Crippen molar-refractivity contribution in [3.05, 3.63) is 107 Å². The summed E-state index contributed by atoms with van der Waals surface area (Å²) in [7, 11) is -1.79. The predicted molar refractivity (Wildman–Crippen MR) is 133 cm³/mol. The van der Waals surface area contributed by atoms with Crippen LogP contribution < -0.4 is 4.72 Å². The van der Waals surface area contributed by atoms with Gasteiger partial charge in [0.2, 0.25) is 0 Å². The van der Waals surface area contributed by atoms with Gasteiger partial charge in [-0.05, 0) is 42.3 Å². The zero-order chi connectivity index (χ0) is 26.3. The third-order valence-electron chi connectivity index (χ3n) is 5.53. The van der Waals surface area contributed by atoms with Gasteiger partial charge in [0.15, 0.2) is 5.92 Å². The molecule has 188 valence electrons. The van der Waals surface area contributed by atoms with E-state index in [4.69, 9.17) is 9.47 Å². The summed E-state index contributed by atoms with van der Waals surface area (Å²) in [5, 5.41) is 0. The van der Waals surface area contributed by atoms with Crippen LogP contribution in [0.3, 0.4) is 0 Å². The number of carbonyl (C=O) groups is 2. The molecule has 9 heteroatoms. The molecule has 3 aromatic carbocycles. The summed E-state index contributed by atoms with van der Waals surface area (Å²) in [6.45, 7) is 1.84. The summed E-state index contributed by atoms with van der Waals surface area (Å²) >= 11 is 0. The number of ether oxygens (including phenoxy) is 2. The monoisotopic (exact) mass is 511 g/mol. The summed E-state index contributed by atoms with van der Waals surface area (Å²) in [5.41, 5.74) is 1.86. The summed E-state index contributed by atoms with van der Waals surface area (Å²) in [4.78, 5) is 25.4. The lowest BCUT2D eigenvalue weighted by Crippen LogP contribution is -2.32. The zero-order valence-electron chi connectivity index (χ0n) is 20.0.